The van der Waals surface area contributed by atoms with Gasteiger partial charge >= 0.3 is 0 Å². The third kappa shape index (κ3) is 3.02. The van der Waals surface area contributed by atoms with Gasteiger partial charge in [0.25, 0.3) is 0 Å². The van der Waals surface area contributed by atoms with Crippen LogP contribution in [0.3, 0.4) is 0 Å². The highest BCUT2D eigenvalue weighted by molar-refractivity contribution is 9.10. The molecule has 1 unspecified atom stereocenters. The summed E-state index contributed by atoms with van der Waals surface area (Å²) in [5, 5.41) is 4.04. The van der Waals surface area contributed by atoms with Crippen molar-refractivity contribution >= 4 is 44.2 Å². The second kappa shape index (κ2) is 6.37. The smallest absolute Gasteiger partial charge is 0.227 e. The molecular weight excluding hydrogens is 370 g/mol. The van der Waals surface area contributed by atoms with E-state index >= 15 is 0 Å². The van der Waals surface area contributed by atoms with E-state index in [4.69, 9.17) is 5.73 Å². The maximum Gasteiger partial charge on any atom is 0.227 e. The fourth-order valence-corrected chi connectivity index (χ4v) is 3.97. The molecule has 7 heteroatoms. The van der Waals surface area contributed by atoms with E-state index in [1.165, 1.54) is 0 Å². The Hall–Kier alpha value is -1.60. The maximum atomic E-state index is 12.2. The van der Waals surface area contributed by atoms with Gasteiger partial charge in [-0.3, -0.25) is 4.79 Å². The number of nitrogens with two attached hydrogens (primary N) is 1. The molecule has 0 aromatic carbocycles. The molecule has 128 valence electrons. The topological polar surface area (TPSA) is 87.0 Å². The van der Waals surface area contributed by atoms with E-state index in [0.29, 0.717) is 0 Å². The van der Waals surface area contributed by atoms with Crippen LogP contribution in [0, 0.1) is 5.92 Å². The first-order valence-corrected chi connectivity index (χ1v) is 9.39. The quantitative estimate of drug-likeness (QED) is 0.750. The minimum Gasteiger partial charge on any atom is -0.368 e. The zero-order valence-electron chi connectivity index (χ0n) is 13.5. The van der Waals surface area contributed by atoms with Crippen LogP contribution in [0.2, 0.25) is 0 Å². The van der Waals surface area contributed by atoms with Crippen LogP contribution >= 0.6 is 15.9 Å². The summed E-state index contributed by atoms with van der Waals surface area (Å²) in [5.74, 6) is 0.277. The van der Waals surface area contributed by atoms with Gasteiger partial charge in [0.15, 0.2) is 0 Å². The second-order valence-corrected chi connectivity index (χ2v) is 7.70. The molecule has 0 radical (unpaired) electrons. The minimum atomic E-state index is 0.106. The number of anilines is 2. The van der Waals surface area contributed by atoms with Crippen LogP contribution in [-0.2, 0) is 4.79 Å². The van der Waals surface area contributed by atoms with Gasteiger partial charge in [0.1, 0.15) is 5.65 Å². The molecule has 1 saturated heterocycles. The summed E-state index contributed by atoms with van der Waals surface area (Å²) >= 11 is 3.65. The van der Waals surface area contributed by atoms with Gasteiger partial charge in [0.2, 0.25) is 5.91 Å². The van der Waals surface area contributed by atoms with Crippen LogP contribution in [0.4, 0.5) is 11.4 Å². The molecule has 2 fully saturated rings. The summed E-state index contributed by atoms with van der Waals surface area (Å²) in [7, 11) is 0. The molecule has 0 spiro atoms. The summed E-state index contributed by atoms with van der Waals surface area (Å²) in [6, 6.07) is 0.172. The van der Waals surface area contributed by atoms with Gasteiger partial charge in [0, 0.05) is 37.4 Å². The Morgan fingerprint density at radius 2 is 2.21 bits per heavy atom. The number of aromatic amines is 1. The Kier molecular flexibility index (Phi) is 4.22. The van der Waals surface area contributed by atoms with Crippen LogP contribution in [0.15, 0.2) is 16.9 Å². The number of halogens is 1. The summed E-state index contributed by atoms with van der Waals surface area (Å²) in [4.78, 5) is 22.2. The van der Waals surface area contributed by atoms with Gasteiger partial charge in [-0.05, 0) is 41.6 Å². The van der Waals surface area contributed by atoms with Gasteiger partial charge in [0.05, 0.1) is 21.2 Å². The second-order valence-electron chi connectivity index (χ2n) is 6.85. The number of hydrogen-bond acceptors (Lipinski definition) is 4. The third-order valence-corrected chi connectivity index (χ3v) is 5.44. The lowest BCUT2D eigenvalue weighted by Gasteiger charge is -2.27. The molecule has 2 aromatic heterocycles. The lowest BCUT2D eigenvalue weighted by molar-refractivity contribution is -0.117. The Morgan fingerprint density at radius 3 is 3.00 bits per heavy atom. The molecule has 6 nitrogen and oxygen atoms in total. The van der Waals surface area contributed by atoms with Gasteiger partial charge in [-0.25, -0.2) is 4.98 Å². The van der Waals surface area contributed by atoms with E-state index in [1.54, 1.807) is 0 Å². The first kappa shape index (κ1) is 15.9. The van der Waals surface area contributed by atoms with E-state index in [2.05, 4.69) is 36.1 Å². The van der Waals surface area contributed by atoms with Crippen LogP contribution < -0.4 is 16.0 Å². The Morgan fingerprint density at radius 1 is 1.38 bits per heavy atom. The van der Waals surface area contributed by atoms with Crippen molar-refractivity contribution in [3.8, 4) is 0 Å². The Bertz CT molecular complexity index is 770. The van der Waals surface area contributed by atoms with E-state index in [-0.39, 0.29) is 17.9 Å². The molecule has 24 heavy (non-hydrogen) atoms. The fraction of sp³-hybridized carbons (Fsp3) is 0.529. The van der Waals surface area contributed by atoms with Gasteiger partial charge < -0.3 is 20.9 Å². The van der Waals surface area contributed by atoms with E-state index in [1.807, 2.05) is 12.4 Å². The monoisotopic (exact) mass is 391 g/mol. The van der Waals surface area contributed by atoms with Crippen LogP contribution in [0.5, 0.6) is 0 Å². The van der Waals surface area contributed by atoms with E-state index in [0.717, 1.165) is 72.1 Å². The van der Waals surface area contributed by atoms with Crippen molar-refractivity contribution < 1.29 is 4.79 Å². The van der Waals surface area contributed by atoms with Crippen molar-refractivity contribution in [3.63, 3.8) is 0 Å². The molecule has 4 N–H and O–H groups in total. The third-order valence-electron chi connectivity index (χ3n) is 4.86. The number of rotatable bonds is 3. The van der Waals surface area contributed by atoms with Crippen molar-refractivity contribution in [2.45, 2.75) is 38.1 Å². The number of H-pyrrole nitrogens is 1. The number of carbonyl (C=O) groups excluding carboxylic acids is 1. The Labute approximate surface area is 149 Å². The zero-order chi connectivity index (χ0) is 16.7. The maximum absolute atomic E-state index is 12.2. The molecule has 4 rings (SSSR count). The molecule has 0 bridgehead atoms. The van der Waals surface area contributed by atoms with Crippen LogP contribution in [-0.4, -0.2) is 35.0 Å². The molecule has 1 saturated carbocycles. The van der Waals surface area contributed by atoms with Crippen LogP contribution in [0.1, 0.15) is 32.1 Å². The number of carbonyl (C=O) groups is 1. The van der Waals surface area contributed by atoms with E-state index in [9.17, 15) is 4.79 Å². The van der Waals surface area contributed by atoms with Crippen molar-refractivity contribution in [1.29, 1.82) is 0 Å². The molecule has 1 amide bonds. The SMILES string of the molecule is NC1CCCCN(c2c(Br)cnc3[nH]cc(NC(=O)C4CC4)c23)C1. The summed E-state index contributed by atoms with van der Waals surface area (Å²) in [6.07, 6.45) is 8.97. The number of pyridine rings is 1. The lowest BCUT2D eigenvalue weighted by Crippen LogP contribution is -2.36. The van der Waals surface area contributed by atoms with Crippen molar-refractivity contribution in [3.05, 3.63) is 16.9 Å². The van der Waals surface area contributed by atoms with E-state index < -0.39 is 0 Å². The summed E-state index contributed by atoms with van der Waals surface area (Å²) < 4.78 is 0.936. The molecule has 1 aliphatic carbocycles. The van der Waals surface area contributed by atoms with Crippen LogP contribution in [0.25, 0.3) is 11.0 Å². The highest BCUT2D eigenvalue weighted by Crippen LogP contribution is 2.39. The summed E-state index contributed by atoms with van der Waals surface area (Å²) in [6.45, 7) is 1.78. The van der Waals surface area contributed by atoms with Crippen molar-refractivity contribution in [1.82, 2.24) is 9.97 Å². The fourth-order valence-electron chi connectivity index (χ4n) is 3.42. The molecule has 2 aliphatic rings. The van der Waals surface area contributed by atoms with Crippen molar-refractivity contribution in [2.75, 3.05) is 23.3 Å². The summed E-state index contributed by atoms with van der Waals surface area (Å²) in [5.41, 5.74) is 8.92. The standard InChI is InChI=1S/C17H22BrN5O/c18-12-7-20-16-14(13(8-21-16)22-17(24)10-4-5-10)15(12)23-6-2-1-3-11(19)9-23/h7-8,10-11H,1-6,9,19H2,(H,20,21)(H,22,24). The van der Waals surface area contributed by atoms with Gasteiger partial charge in [-0.15, -0.1) is 0 Å². The highest BCUT2D eigenvalue weighted by atomic mass is 79.9. The average Bonchev–Trinajstić information content (AvgIpc) is 3.35. The lowest BCUT2D eigenvalue weighted by atomic mass is 10.1. The van der Waals surface area contributed by atoms with Gasteiger partial charge in [-0.2, -0.15) is 0 Å². The molecule has 1 aliphatic heterocycles. The number of nitrogens with one attached hydrogen (secondary N) is 2. The van der Waals surface area contributed by atoms with Crippen molar-refractivity contribution in [2.24, 2.45) is 11.7 Å². The number of nitrogens with zero attached hydrogens (tertiary/aromatic N) is 2. The first-order valence-electron chi connectivity index (χ1n) is 8.60. The normalized spacial score (nSPS) is 21.8. The highest BCUT2D eigenvalue weighted by Gasteiger charge is 2.31. The Balaban J connectivity index is 1.76. The molecule has 1 atom stereocenters. The molecule has 3 heterocycles. The number of fused-ring (bicyclic) bond motifs is 1. The molecular formula is C17H22BrN5O. The molecule has 2 aromatic rings. The number of amides is 1. The zero-order valence-corrected chi connectivity index (χ0v) is 15.1. The first-order chi connectivity index (χ1) is 11.6. The minimum absolute atomic E-state index is 0.106. The average molecular weight is 392 g/mol. The number of hydrogen-bond donors (Lipinski definition) is 3. The predicted molar refractivity (Wildman–Crippen MR) is 99.2 cm³/mol. The predicted octanol–water partition coefficient (Wildman–Crippen LogP) is 2.99. The number of aromatic nitrogens is 2. The largest absolute Gasteiger partial charge is 0.368 e. The van der Waals surface area contributed by atoms with Gasteiger partial charge in [-0.1, -0.05) is 6.42 Å².